The van der Waals surface area contributed by atoms with Gasteiger partial charge in [0.15, 0.2) is 17.3 Å². The normalized spacial score (nSPS) is 17.0. The summed E-state index contributed by atoms with van der Waals surface area (Å²) in [6.45, 7) is 3.18. The number of pyridine rings is 1. The number of benzene rings is 2. The Kier molecular flexibility index (Phi) is 5.89. The fraction of sp³-hybridized carbons (Fsp3) is 0.360. The van der Waals surface area contributed by atoms with Gasteiger partial charge in [-0.3, -0.25) is 9.69 Å². The predicted octanol–water partition coefficient (Wildman–Crippen LogP) is 2.47. The van der Waals surface area contributed by atoms with Gasteiger partial charge in [0.2, 0.25) is 6.79 Å². The SMILES string of the molecule is O=c1[nH]c2cc3c(cc2cc1CN(Cc1nnnn1Cc1ccccc1)C[C@@H]1CCCO1)OCO3. The number of fused-ring (bicyclic) bond motifs is 2. The fourth-order valence-electron chi connectivity index (χ4n) is 4.68. The van der Waals surface area contributed by atoms with Crippen molar-refractivity contribution < 1.29 is 14.2 Å². The lowest BCUT2D eigenvalue weighted by atomic mass is 10.1. The molecule has 1 N–H and O–H groups in total. The second kappa shape index (κ2) is 9.47. The van der Waals surface area contributed by atoms with Crippen LogP contribution >= 0.6 is 0 Å². The Bertz CT molecular complexity index is 1380. The van der Waals surface area contributed by atoms with E-state index in [-0.39, 0.29) is 18.5 Å². The third kappa shape index (κ3) is 4.75. The van der Waals surface area contributed by atoms with E-state index >= 15 is 0 Å². The van der Waals surface area contributed by atoms with E-state index in [4.69, 9.17) is 14.2 Å². The molecule has 4 heterocycles. The van der Waals surface area contributed by atoms with Crippen molar-refractivity contribution in [1.82, 2.24) is 30.1 Å². The standard InChI is InChI=1S/C25H26N6O4/c32-25-19(9-18-10-22-23(35-16-34-22)11-21(18)26-25)13-30(14-20-7-4-8-33-20)15-24-27-28-29-31(24)12-17-5-2-1-3-6-17/h1-3,5-6,9-11,20H,4,7-8,12-16H2,(H,26,32)/t20-/m0/s1. The van der Waals surface area contributed by atoms with E-state index in [1.54, 1.807) is 0 Å². The van der Waals surface area contributed by atoms with Gasteiger partial charge >= 0.3 is 0 Å². The Hall–Kier alpha value is -3.76. The molecule has 0 unspecified atom stereocenters. The number of ether oxygens (including phenoxy) is 3. The summed E-state index contributed by atoms with van der Waals surface area (Å²) in [4.78, 5) is 18.2. The molecule has 0 radical (unpaired) electrons. The number of H-pyrrole nitrogens is 1. The zero-order valence-corrected chi connectivity index (χ0v) is 19.2. The Balaban J connectivity index is 1.27. The molecule has 2 aliphatic rings. The number of nitrogens with one attached hydrogen (secondary N) is 1. The van der Waals surface area contributed by atoms with E-state index in [0.29, 0.717) is 43.2 Å². The lowest BCUT2D eigenvalue weighted by molar-refractivity contribution is 0.0663. The summed E-state index contributed by atoms with van der Waals surface area (Å²) in [5.41, 5.74) is 2.38. The van der Waals surface area contributed by atoms with Gasteiger partial charge in [0, 0.05) is 36.7 Å². The lowest BCUT2D eigenvalue weighted by Crippen LogP contribution is -2.34. The van der Waals surface area contributed by atoms with Crippen LogP contribution in [0.4, 0.5) is 0 Å². The quantitative estimate of drug-likeness (QED) is 0.415. The summed E-state index contributed by atoms with van der Waals surface area (Å²) in [5, 5.41) is 13.3. The third-order valence-corrected chi connectivity index (χ3v) is 6.44. The van der Waals surface area contributed by atoms with Crippen LogP contribution in [0.5, 0.6) is 11.5 Å². The number of tetrazole rings is 1. The maximum atomic E-state index is 13.0. The van der Waals surface area contributed by atoms with E-state index in [1.807, 2.05) is 41.1 Å². The fourth-order valence-corrected chi connectivity index (χ4v) is 4.68. The highest BCUT2D eigenvalue weighted by Crippen LogP contribution is 2.35. The first-order valence-corrected chi connectivity index (χ1v) is 11.8. The number of aromatic nitrogens is 5. The Morgan fingerprint density at radius 3 is 2.77 bits per heavy atom. The minimum atomic E-state index is -0.127. The third-order valence-electron chi connectivity index (χ3n) is 6.44. The smallest absolute Gasteiger partial charge is 0.252 e. The first kappa shape index (κ1) is 21.8. The largest absolute Gasteiger partial charge is 0.454 e. The van der Waals surface area contributed by atoms with Gasteiger partial charge in [0.1, 0.15) is 0 Å². The summed E-state index contributed by atoms with van der Waals surface area (Å²) >= 11 is 0. The zero-order valence-electron chi connectivity index (χ0n) is 19.2. The predicted molar refractivity (Wildman–Crippen MR) is 127 cm³/mol. The molecule has 2 aromatic heterocycles. The van der Waals surface area contributed by atoms with Crippen LogP contribution in [0, 0.1) is 0 Å². The molecular weight excluding hydrogens is 448 g/mol. The molecule has 180 valence electrons. The minimum absolute atomic E-state index is 0.127. The van der Waals surface area contributed by atoms with Crippen LogP contribution in [0.1, 0.15) is 29.8 Å². The second-order valence-corrected chi connectivity index (χ2v) is 8.96. The van der Waals surface area contributed by atoms with Crippen LogP contribution in [0.3, 0.4) is 0 Å². The Labute approximate surface area is 201 Å². The second-order valence-electron chi connectivity index (χ2n) is 8.96. The Morgan fingerprint density at radius 1 is 1.09 bits per heavy atom. The molecule has 0 aliphatic carbocycles. The molecule has 1 atom stereocenters. The highest BCUT2D eigenvalue weighted by atomic mass is 16.7. The van der Waals surface area contributed by atoms with Gasteiger partial charge in [0.05, 0.1) is 24.7 Å². The van der Waals surface area contributed by atoms with E-state index in [0.717, 1.165) is 41.7 Å². The summed E-state index contributed by atoms with van der Waals surface area (Å²) in [6.07, 6.45) is 2.18. The Morgan fingerprint density at radius 2 is 1.94 bits per heavy atom. The number of rotatable bonds is 8. The van der Waals surface area contributed by atoms with Crippen molar-refractivity contribution in [2.75, 3.05) is 19.9 Å². The molecule has 35 heavy (non-hydrogen) atoms. The van der Waals surface area contributed by atoms with Crippen molar-refractivity contribution in [3.63, 3.8) is 0 Å². The lowest BCUT2D eigenvalue weighted by Gasteiger charge is -2.24. The molecule has 0 saturated carbocycles. The molecular formula is C25H26N6O4. The van der Waals surface area contributed by atoms with E-state index in [9.17, 15) is 4.79 Å². The van der Waals surface area contributed by atoms with Crippen molar-refractivity contribution in [1.29, 1.82) is 0 Å². The molecule has 1 saturated heterocycles. The average Bonchev–Trinajstić information content (AvgIpc) is 3.62. The number of aromatic amines is 1. The minimum Gasteiger partial charge on any atom is -0.454 e. The molecule has 0 bridgehead atoms. The molecule has 1 fully saturated rings. The van der Waals surface area contributed by atoms with Gasteiger partial charge in [0.25, 0.3) is 5.56 Å². The molecule has 10 heteroatoms. The number of nitrogens with zero attached hydrogens (tertiary/aromatic N) is 5. The van der Waals surface area contributed by atoms with E-state index in [1.165, 1.54) is 0 Å². The molecule has 4 aromatic rings. The summed E-state index contributed by atoms with van der Waals surface area (Å²) < 4.78 is 18.7. The topological polar surface area (TPSA) is 107 Å². The first-order chi connectivity index (χ1) is 17.2. The van der Waals surface area contributed by atoms with Crippen LogP contribution in [-0.2, 0) is 24.4 Å². The van der Waals surface area contributed by atoms with Crippen molar-refractivity contribution in [2.45, 2.75) is 38.6 Å². The number of hydrogen-bond acceptors (Lipinski definition) is 8. The molecule has 6 rings (SSSR count). The summed E-state index contributed by atoms with van der Waals surface area (Å²) in [6, 6.07) is 15.7. The van der Waals surface area contributed by atoms with Gasteiger partial charge in [-0.2, -0.15) is 0 Å². The van der Waals surface area contributed by atoms with Crippen LogP contribution in [0.15, 0.2) is 53.3 Å². The number of hydrogen-bond donors (Lipinski definition) is 1. The van der Waals surface area contributed by atoms with E-state index in [2.05, 4.69) is 37.5 Å². The van der Waals surface area contributed by atoms with Gasteiger partial charge in [-0.05, 0) is 41.0 Å². The molecule has 10 nitrogen and oxygen atoms in total. The van der Waals surface area contributed by atoms with Crippen molar-refractivity contribution in [3.8, 4) is 11.5 Å². The molecule has 0 spiro atoms. The zero-order chi connectivity index (χ0) is 23.6. The van der Waals surface area contributed by atoms with Gasteiger partial charge in [-0.25, -0.2) is 4.68 Å². The molecule has 2 aliphatic heterocycles. The van der Waals surface area contributed by atoms with Crippen molar-refractivity contribution >= 4 is 10.9 Å². The van der Waals surface area contributed by atoms with Crippen LogP contribution < -0.4 is 15.0 Å². The van der Waals surface area contributed by atoms with Crippen LogP contribution in [0.2, 0.25) is 0 Å². The average molecular weight is 475 g/mol. The van der Waals surface area contributed by atoms with Crippen LogP contribution in [0.25, 0.3) is 10.9 Å². The van der Waals surface area contributed by atoms with Crippen LogP contribution in [-0.4, -0.2) is 56.1 Å². The molecule has 0 amide bonds. The van der Waals surface area contributed by atoms with Gasteiger partial charge in [-0.1, -0.05) is 30.3 Å². The van der Waals surface area contributed by atoms with Gasteiger partial charge in [-0.15, -0.1) is 5.10 Å². The van der Waals surface area contributed by atoms with E-state index < -0.39 is 0 Å². The first-order valence-electron chi connectivity index (χ1n) is 11.8. The van der Waals surface area contributed by atoms with Crippen molar-refractivity contribution in [2.24, 2.45) is 0 Å². The monoisotopic (exact) mass is 474 g/mol. The highest BCUT2D eigenvalue weighted by molar-refractivity contribution is 5.83. The van der Waals surface area contributed by atoms with Gasteiger partial charge < -0.3 is 19.2 Å². The maximum Gasteiger partial charge on any atom is 0.252 e. The summed E-state index contributed by atoms with van der Waals surface area (Å²) in [5.74, 6) is 2.07. The maximum absolute atomic E-state index is 13.0. The summed E-state index contributed by atoms with van der Waals surface area (Å²) in [7, 11) is 0. The highest BCUT2D eigenvalue weighted by Gasteiger charge is 2.23. The molecule has 2 aromatic carbocycles. The van der Waals surface area contributed by atoms with Crippen molar-refractivity contribution in [3.05, 3.63) is 75.8 Å².